The van der Waals surface area contributed by atoms with Gasteiger partial charge in [-0.3, -0.25) is 0 Å². The Kier molecular flexibility index (Phi) is 5.31. The van der Waals surface area contributed by atoms with Crippen molar-refractivity contribution < 1.29 is 26.0 Å². The molecule has 0 amide bonds. The van der Waals surface area contributed by atoms with Gasteiger partial charge in [0, 0.05) is 18.5 Å². The Labute approximate surface area is 119 Å². The molecule has 0 N–H and O–H groups in total. The Bertz CT molecular complexity index is 650. The van der Waals surface area contributed by atoms with E-state index in [2.05, 4.69) is 0 Å². The maximum atomic E-state index is 13.4. The Morgan fingerprint density at radius 2 is 1.95 bits per heavy atom. The molecule has 0 saturated carbocycles. The zero-order valence-electron chi connectivity index (χ0n) is 11.0. The molecule has 0 fully saturated rings. The van der Waals surface area contributed by atoms with Crippen LogP contribution < -0.4 is 0 Å². The van der Waals surface area contributed by atoms with Gasteiger partial charge < -0.3 is 0 Å². The summed E-state index contributed by atoms with van der Waals surface area (Å²) in [5.41, 5.74) is -0.262. The Balaban J connectivity index is 3.27. The highest BCUT2D eigenvalue weighted by molar-refractivity contribution is 7.89. The van der Waals surface area contributed by atoms with Gasteiger partial charge in [0.1, 0.15) is 12.4 Å². The lowest BCUT2D eigenvalue weighted by molar-refractivity contribution is -0.136. The predicted octanol–water partition coefficient (Wildman–Crippen LogP) is 2.60. The number of nitriles is 1. The second-order valence-electron chi connectivity index (χ2n) is 4.22. The van der Waals surface area contributed by atoms with Crippen molar-refractivity contribution in [1.82, 2.24) is 4.31 Å². The lowest BCUT2D eigenvalue weighted by Gasteiger charge is -2.23. The largest absolute Gasteiger partial charge is 0.402 e. The number of nitrogens with zero attached hydrogens (tertiary/aromatic N) is 2. The van der Waals surface area contributed by atoms with Gasteiger partial charge in [-0.05, 0) is 19.1 Å². The van der Waals surface area contributed by atoms with Crippen LogP contribution in [-0.4, -0.2) is 32.0 Å². The summed E-state index contributed by atoms with van der Waals surface area (Å²) in [4.78, 5) is -0.537. The molecule has 1 aromatic rings. The van der Waals surface area contributed by atoms with Gasteiger partial charge in [-0.25, -0.2) is 12.8 Å². The topological polar surface area (TPSA) is 61.2 Å². The molecule has 116 valence electrons. The number of benzene rings is 1. The fraction of sp³-hybridized carbons (Fsp3) is 0.417. The molecule has 0 spiro atoms. The zero-order valence-corrected chi connectivity index (χ0v) is 11.8. The van der Waals surface area contributed by atoms with Crippen LogP contribution in [0.4, 0.5) is 17.6 Å². The minimum absolute atomic E-state index is 0.137. The van der Waals surface area contributed by atoms with Crippen LogP contribution >= 0.6 is 0 Å². The smallest absolute Gasteiger partial charge is 0.207 e. The van der Waals surface area contributed by atoms with Gasteiger partial charge in [-0.15, -0.1) is 0 Å². The number of halogens is 4. The molecule has 0 heterocycles. The van der Waals surface area contributed by atoms with Gasteiger partial charge in [-0.1, -0.05) is 6.07 Å². The van der Waals surface area contributed by atoms with Gasteiger partial charge in [-0.2, -0.15) is 22.7 Å². The van der Waals surface area contributed by atoms with Crippen molar-refractivity contribution in [2.24, 2.45) is 0 Å². The first kappa shape index (κ1) is 17.4. The van der Waals surface area contributed by atoms with E-state index in [1.54, 1.807) is 6.07 Å². The lowest BCUT2D eigenvalue weighted by atomic mass is 10.2. The summed E-state index contributed by atoms with van der Waals surface area (Å²) in [7, 11) is -4.54. The molecular weight excluding hydrogens is 312 g/mol. The molecule has 1 aromatic carbocycles. The van der Waals surface area contributed by atoms with Crippen molar-refractivity contribution in [2.45, 2.75) is 24.4 Å². The van der Waals surface area contributed by atoms with E-state index in [1.165, 1.54) is 0 Å². The predicted molar refractivity (Wildman–Crippen MR) is 66.2 cm³/mol. The van der Waals surface area contributed by atoms with E-state index in [4.69, 9.17) is 5.26 Å². The first-order valence-corrected chi connectivity index (χ1v) is 7.22. The summed E-state index contributed by atoms with van der Waals surface area (Å²) in [6.45, 7) is -1.18. The second kappa shape index (κ2) is 6.41. The highest BCUT2D eigenvalue weighted by Gasteiger charge is 2.37. The van der Waals surface area contributed by atoms with E-state index in [0.29, 0.717) is 0 Å². The highest BCUT2D eigenvalue weighted by atomic mass is 32.2. The standard InChI is InChI=1S/C12H12F4N2O2S/c1-9-10(13)4-2-5-11(9)21(19,20)18(7-3-6-17)8-12(14,15)16/h2,4-5H,3,7-8H2,1H3. The van der Waals surface area contributed by atoms with Crippen LogP contribution in [0.2, 0.25) is 0 Å². The van der Waals surface area contributed by atoms with Crippen LogP contribution in [0.3, 0.4) is 0 Å². The first-order chi connectivity index (χ1) is 9.59. The molecule has 0 radical (unpaired) electrons. The molecule has 0 aromatic heterocycles. The van der Waals surface area contributed by atoms with E-state index in [-0.39, 0.29) is 9.87 Å². The van der Waals surface area contributed by atoms with Crippen LogP contribution in [0, 0.1) is 24.1 Å². The summed E-state index contributed by atoms with van der Waals surface area (Å²) < 4.78 is 75.5. The van der Waals surface area contributed by atoms with Crippen LogP contribution in [0.25, 0.3) is 0 Å². The number of rotatable bonds is 5. The number of sulfonamides is 1. The highest BCUT2D eigenvalue weighted by Crippen LogP contribution is 2.25. The summed E-state index contributed by atoms with van der Waals surface area (Å²) >= 11 is 0. The number of hydrogen-bond acceptors (Lipinski definition) is 3. The third-order valence-corrected chi connectivity index (χ3v) is 4.65. The third kappa shape index (κ3) is 4.41. The molecule has 9 heteroatoms. The molecule has 21 heavy (non-hydrogen) atoms. The molecule has 0 aliphatic carbocycles. The SMILES string of the molecule is Cc1c(F)cccc1S(=O)(=O)N(CCC#N)CC(F)(F)F. The fourth-order valence-electron chi connectivity index (χ4n) is 1.67. The maximum Gasteiger partial charge on any atom is 0.402 e. The van der Waals surface area contributed by atoms with Crippen molar-refractivity contribution in [2.75, 3.05) is 13.1 Å². The van der Waals surface area contributed by atoms with Crippen LogP contribution in [0.5, 0.6) is 0 Å². The Morgan fingerprint density at radius 3 is 2.48 bits per heavy atom. The maximum absolute atomic E-state index is 13.4. The molecule has 0 aliphatic rings. The summed E-state index contributed by atoms with van der Waals surface area (Å²) in [5, 5.41) is 8.44. The van der Waals surface area contributed by atoms with Gasteiger partial charge in [0.15, 0.2) is 0 Å². The van der Waals surface area contributed by atoms with Crippen molar-refractivity contribution in [1.29, 1.82) is 5.26 Å². The molecule has 1 rings (SSSR count). The fourth-order valence-corrected chi connectivity index (χ4v) is 3.33. The van der Waals surface area contributed by atoms with Crippen molar-refractivity contribution in [3.8, 4) is 6.07 Å². The second-order valence-corrected chi connectivity index (χ2v) is 6.13. The number of alkyl halides is 3. The zero-order chi connectivity index (χ0) is 16.3. The molecule has 0 saturated heterocycles. The van der Waals surface area contributed by atoms with E-state index in [0.717, 1.165) is 25.1 Å². The van der Waals surface area contributed by atoms with Gasteiger partial charge in [0.25, 0.3) is 0 Å². The van der Waals surface area contributed by atoms with Crippen molar-refractivity contribution >= 4 is 10.0 Å². The Morgan fingerprint density at radius 1 is 1.33 bits per heavy atom. The quantitative estimate of drug-likeness (QED) is 0.782. The minimum atomic E-state index is -4.76. The monoisotopic (exact) mass is 324 g/mol. The van der Waals surface area contributed by atoms with Crippen LogP contribution in [0.1, 0.15) is 12.0 Å². The third-order valence-electron chi connectivity index (χ3n) is 2.66. The van der Waals surface area contributed by atoms with Gasteiger partial charge in [0.2, 0.25) is 10.0 Å². The Hall–Kier alpha value is -1.66. The molecule has 0 atom stereocenters. The molecule has 0 unspecified atom stereocenters. The minimum Gasteiger partial charge on any atom is -0.207 e. The van der Waals surface area contributed by atoms with E-state index < -0.39 is 46.4 Å². The summed E-state index contributed by atoms with van der Waals surface area (Å²) in [6, 6.07) is 4.73. The van der Waals surface area contributed by atoms with Gasteiger partial charge >= 0.3 is 6.18 Å². The molecular formula is C12H12F4N2O2S. The average Bonchev–Trinajstić information content (AvgIpc) is 2.36. The van der Waals surface area contributed by atoms with Gasteiger partial charge in [0.05, 0.1) is 11.0 Å². The van der Waals surface area contributed by atoms with Crippen molar-refractivity contribution in [3.63, 3.8) is 0 Å². The van der Waals surface area contributed by atoms with Crippen LogP contribution in [0.15, 0.2) is 23.1 Å². The normalized spacial score (nSPS) is 12.4. The van der Waals surface area contributed by atoms with Crippen LogP contribution in [-0.2, 0) is 10.0 Å². The van der Waals surface area contributed by atoms with E-state index in [9.17, 15) is 26.0 Å². The first-order valence-electron chi connectivity index (χ1n) is 5.78. The summed E-state index contributed by atoms with van der Waals surface area (Å²) in [6.07, 6.45) is -5.16. The number of hydrogen-bond donors (Lipinski definition) is 0. The molecule has 0 aliphatic heterocycles. The molecule has 4 nitrogen and oxygen atoms in total. The average molecular weight is 324 g/mol. The van der Waals surface area contributed by atoms with E-state index in [1.807, 2.05) is 0 Å². The van der Waals surface area contributed by atoms with Crippen molar-refractivity contribution in [3.05, 3.63) is 29.6 Å². The van der Waals surface area contributed by atoms with E-state index >= 15 is 0 Å². The lowest BCUT2D eigenvalue weighted by Crippen LogP contribution is -2.39. The molecule has 0 bridgehead atoms. The summed E-state index contributed by atoms with van der Waals surface area (Å²) in [5.74, 6) is -0.830.